The van der Waals surface area contributed by atoms with Crippen LogP contribution in [0.3, 0.4) is 0 Å². The van der Waals surface area contributed by atoms with Gasteiger partial charge >= 0.3 is 0 Å². The Morgan fingerprint density at radius 3 is 2.89 bits per heavy atom. The van der Waals surface area contributed by atoms with Gasteiger partial charge in [0.1, 0.15) is 11.7 Å². The standard InChI is InChI=1S/C14H13ClO3/c1-8-2-4-12(17-8)14(16)13-7-9-6-10(15)3-5-11(9)18-13/h3,5-8,12H,2,4H2,1H3. The molecule has 2 aromatic rings. The lowest BCUT2D eigenvalue weighted by Crippen LogP contribution is -2.20. The van der Waals surface area contributed by atoms with Crippen molar-refractivity contribution < 1.29 is 13.9 Å². The van der Waals surface area contributed by atoms with Gasteiger partial charge in [-0.25, -0.2) is 0 Å². The van der Waals surface area contributed by atoms with Gasteiger partial charge in [-0.15, -0.1) is 0 Å². The highest BCUT2D eigenvalue weighted by Crippen LogP contribution is 2.27. The summed E-state index contributed by atoms with van der Waals surface area (Å²) >= 11 is 5.90. The van der Waals surface area contributed by atoms with E-state index in [4.69, 9.17) is 20.8 Å². The zero-order chi connectivity index (χ0) is 12.7. The molecule has 0 bridgehead atoms. The van der Waals surface area contributed by atoms with Crippen molar-refractivity contribution in [1.82, 2.24) is 0 Å². The summed E-state index contributed by atoms with van der Waals surface area (Å²) in [5.74, 6) is 0.276. The monoisotopic (exact) mass is 264 g/mol. The number of ether oxygens (including phenoxy) is 1. The van der Waals surface area contributed by atoms with Gasteiger partial charge in [-0.2, -0.15) is 0 Å². The molecule has 2 heterocycles. The number of fused-ring (bicyclic) bond motifs is 1. The van der Waals surface area contributed by atoms with Crippen molar-refractivity contribution >= 4 is 28.4 Å². The largest absolute Gasteiger partial charge is 0.453 e. The van der Waals surface area contributed by atoms with Gasteiger partial charge < -0.3 is 9.15 Å². The van der Waals surface area contributed by atoms with E-state index in [1.165, 1.54) is 0 Å². The molecule has 0 aliphatic carbocycles. The van der Waals surface area contributed by atoms with Crippen LogP contribution in [-0.4, -0.2) is 18.0 Å². The van der Waals surface area contributed by atoms with Crippen molar-refractivity contribution in [2.45, 2.75) is 32.0 Å². The van der Waals surface area contributed by atoms with Gasteiger partial charge in [0.25, 0.3) is 0 Å². The first-order chi connectivity index (χ1) is 8.63. The lowest BCUT2D eigenvalue weighted by Gasteiger charge is -2.07. The maximum atomic E-state index is 12.2. The predicted octanol–water partition coefficient (Wildman–Crippen LogP) is 3.84. The van der Waals surface area contributed by atoms with E-state index in [1.807, 2.05) is 6.92 Å². The van der Waals surface area contributed by atoms with Crippen LogP contribution in [0.4, 0.5) is 0 Å². The number of carbonyl (C=O) groups is 1. The molecule has 2 unspecified atom stereocenters. The molecule has 4 heteroatoms. The van der Waals surface area contributed by atoms with Crippen LogP contribution in [0, 0.1) is 0 Å². The van der Waals surface area contributed by atoms with E-state index < -0.39 is 0 Å². The molecule has 18 heavy (non-hydrogen) atoms. The number of hydrogen-bond acceptors (Lipinski definition) is 3. The van der Waals surface area contributed by atoms with E-state index in [-0.39, 0.29) is 18.0 Å². The van der Waals surface area contributed by atoms with E-state index in [1.54, 1.807) is 24.3 Å². The number of rotatable bonds is 2. The van der Waals surface area contributed by atoms with Gasteiger partial charge in [0.15, 0.2) is 5.76 Å². The van der Waals surface area contributed by atoms with Crippen molar-refractivity contribution in [3.05, 3.63) is 35.0 Å². The average molecular weight is 265 g/mol. The zero-order valence-electron chi connectivity index (χ0n) is 9.98. The molecule has 1 aliphatic rings. The number of halogens is 1. The fourth-order valence-corrected chi connectivity index (χ4v) is 2.47. The maximum absolute atomic E-state index is 12.2. The Morgan fingerprint density at radius 2 is 2.17 bits per heavy atom. The topological polar surface area (TPSA) is 39.4 Å². The molecule has 2 atom stereocenters. The molecule has 1 aliphatic heterocycles. The molecular formula is C14H13ClO3. The molecule has 1 saturated heterocycles. The summed E-state index contributed by atoms with van der Waals surface area (Å²) in [6.07, 6.45) is 1.47. The summed E-state index contributed by atoms with van der Waals surface area (Å²) in [4.78, 5) is 12.2. The highest BCUT2D eigenvalue weighted by molar-refractivity contribution is 6.31. The van der Waals surface area contributed by atoms with Crippen molar-refractivity contribution in [3.63, 3.8) is 0 Å². The van der Waals surface area contributed by atoms with Gasteiger partial charge in [-0.3, -0.25) is 4.79 Å². The molecule has 94 valence electrons. The summed E-state index contributed by atoms with van der Waals surface area (Å²) in [7, 11) is 0. The number of Topliss-reactive ketones (excluding diaryl/α,β-unsaturated/α-hetero) is 1. The van der Waals surface area contributed by atoms with Crippen LogP contribution < -0.4 is 0 Å². The number of carbonyl (C=O) groups excluding carboxylic acids is 1. The number of furan rings is 1. The second-order valence-electron chi connectivity index (χ2n) is 4.67. The van der Waals surface area contributed by atoms with E-state index in [0.29, 0.717) is 16.4 Å². The maximum Gasteiger partial charge on any atom is 0.226 e. The van der Waals surface area contributed by atoms with Crippen LogP contribution in [0.15, 0.2) is 28.7 Å². The second-order valence-corrected chi connectivity index (χ2v) is 5.11. The Morgan fingerprint density at radius 1 is 1.33 bits per heavy atom. The minimum atomic E-state index is -0.365. The van der Waals surface area contributed by atoms with Crippen molar-refractivity contribution in [1.29, 1.82) is 0 Å². The van der Waals surface area contributed by atoms with Gasteiger partial charge in [-0.05, 0) is 44.0 Å². The van der Waals surface area contributed by atoms with Gasteiger partial charge in [-0.1, -0.05) is 11.6 Å². The molecule has 1 fully saturated rings. The van der Waals surface area contributed by atoms with E-state index in [2.05, 4.69) is 0 Å². The number of ketones is 1. The van der Waals surface area contributed by atoms with Crippen molar-refractivity contribution in [2.24, 2.45) is 0 Å². The van der Waals surface area contributed by atoms with Gasteiger partial charge in [0.2, 0.25) is 5.78 Å². The molecule has 1 aromatic carbocycles. The van der Waals surface area contributed by atoms with E-state index >= 15 is 0 Å². The first kappa shape index (κ1) is 11.8. The van der Waals surface area contributed by atoms with Crippen molar-refractivity contribution in [2.75, 3.05) is 0 Å². The third-order valence-corrected chi connectivity index (χ3v) is 3.48. The summed E-state index contributed by atoms with van der Waals surface area (Å²) in [5, 5.41) is 1.48. The third kappa shape index (κ3) is 2.04. The van der Waals surface area contributed by atoms with Crippen LogP contribution in [0.1, 0.15) is 30.3 Å². The summed E-state index contributed by atoms with van der Waals surface area (Å²) in [6, 6.07) is 7.04. The SMILES string of the molecule is CC1CCC(C(=O)c2cc3cc(Cl)ccc3o2)O1. The zero-order valence-corrected chi connectivity index (χ0v) is 10.7. The minimum Gasteiger partial charge on any atom is -0.453 e. The Kier molecular flexibility index (Phi) is 2.88. The third-order valence-electron chi connectivity index (χ3n) is 3.25. The van der Waals surface area contributed by atoms with Crippen LogP contribution in [0.2, 0.25) is 5.02 Å². The molecule has 0 saturated carbocycles. The number of hydrogen-bond donors (Lipinski definition) is 0. The van der Waals surface area contributed by atoms with Crippen LogP contribution >= 0.6 is 11.6 Å². The summed E-state index contributed by atoms with van der Waals surface area (Å²) < 4.78 is 11.1. The van der Waals surface area contributed by atoms with Crippen LogP contribution in [0.5, 0.6) is 0 Å². The van der Waals surface area contributed by atoms with E-state index in [9.17, 15) is 4.79 Å². The minimum absolute atomic E-state index is 0.0772. The fourth-order valence-electron chi connectivity index (χ4n) is 2.29. The van der Waals surface area contributed by atoms with Crippen LogP contribution in [-0.2, 0) is 4.74 Å². The lowest BCUT2D eigenvalue weighted by molar-refractivity contribution is 0.0413. The quantitative estimate of drug-likeness (QED) is 0.774. The average Bonchev–Trinajstić information content (AvgIpc) is 2.93. The van der Waals surface area contributed by atoms with E-state index in [0.717, 1.165) is 18.2 Å². The first-order valence-corrected chi connectivity index (χ1v) is 6.40. The molecule has 0 amide bonds. The molecule has 0 radical (unpaired) electrons. The normalized spacial score (nSPS) is 23.7. The Balaban J connectivity index is 1.92. The lowest BCUT2D eigenvalue weighted by atomic mass is 10.1. The molecular weight excluding hydrogens is 252 g/mol. The smallest absolute Gasteiger partial charge is 0.226 e. The molecule has 3 rings (SSSR count). The highest BCUT2D eigenvalue weighted by Gasteiger charge is 2.30. The molecule has 0 N–H and O–H groups in total. The molecule has 0 spiro atoms. The van der Waals surface area contributed by atoms with Crippen LogP contribution in [0.25, 0.3) is 11.0 Å². The predicted molar refractivity (Wildman–Crippen MR) is 69.1 cm³/mol. The Labute approximate surface area is 110 Å². The Bertz CT molecular complexity index is 602. The highest BCUT2D eigenvalue weighted by atomic mass is 35.5. The number of benzene rings is 1. The van der Waals surface area contributed by atoms with Gasteiger partial charge in [0, 0.05) is 10.4 Å². The fraction of sp³-hybridized carbons (Fsp3) is 0.357. The first-order valence-electron chi connectivity index (χ1n) is 6.02. The molecule has 3 nitrogen and oxygen atoms in total. The molecule has 1 aromatic heterocycles. The van der Waals surface area contributed by atoms with Gasteiger partial charge in [0.05, 0.1) is 6.10 Å². The summed E-state index contributed by atoms with van der Waals surface area (Å²) in [5.41, 5.74) is 0.675. The van der Waals surface area contributed by atoms with Crippen molar-refractivity contribution in [3.8, 4) is 0 Å². The second kappa shape index (κ2) is 4.41. The Hall–Kier alpha value is -1.32. The summed E-state index contributed by atoms with van der Waals surface area (Å²) in [6.45, 7) is 1.98.